The monoisotopic (exact) mass is 294 g/mol. The minimum atomic E-state index is 0.238. The van der Waals surface area contributed by atoms with Crippen molar-refractivity contribution in [3.8, 4) is 0 Å². The van der Waals surface area contributed by atoms with Crippen LogP contribution in [0.1, 0.15) is 31.7 Å². The van der Waals surface area contributed by atoms with Crippen LogP contribution in [0.4, 0.5) is 0 Å². The predicted octanol–water partition coefficient (Wildman–Crippen LogP) is 3.17. The summed E-state index contributed by atoms with van der Waals surface area (Å²) in [5.74, 6) is 0.238. The van der Waals surface area contributed by atoms with E-state index in [0.29, 0.717) is 12.6 Å². The Morgan fingerprint density at radius 3 is 2.95 bits per heavy atom. The molecular weight excluding hydrogens is 272 g/mol. The third-order valence-electron chi connectivity index (χ3n) is 3.87. The Bertz CT molecular complexity index is 464. The van der Waals surface area contributed by atoms with Crippen LogP contribution in [0.3, 0.4) is 0 Å². The van der Waals surface area contributed by atoms with Gasteiger partial charge in [0, 0.05) is 24.2 Å². The fraction of sp³-hybridized carbons (Fsp3) is 0.562. The highest BCUT2D eigenvalue weighted by Gasteiger charge is 2.23. The number of nitrogens with zero attached hydrogens (tertiary/aromatic N) is 2. The van der Waals surface area contributed by atoms with Gasteiger partial charge in [0.05, 0.1) is 6.54 Å². The first kappa shape index (κ1) is 15.3. The third kappa shape index (κ3) is 4.22. The van der Waals surface area contributed by atoms with Crippen molar-refractivity contribution in [2.24, 2.45) is 0 Å². The molecule has 0 saturated carbocycles. The van der Waals surface area contributed by atoms with Crippen molar-refractivity contribution in [2.75, 3.05) is 20.1 Å². The maximum atomic E-state index is 12.3. The molecule has 1 saturated heterocycles. The number of carbonyl (C=O) groups is 1. The summed E-state index contributed by atoms with van der Waals surface area (Å²) in [7, 11) is 1.98. The van der Waals surface area contributed by atoms with Crippen LogP contribution in [0.25, 0.3) is 0 Å². The Morgan fingerprint density at radius 2 is 2.25 bits per heavy atom. The number of carbonyl (C=O) groups excluding carboxylic acids is 1. The zero-order valence-corrected chi connectivity index (χ0v) is 13.1. The number of rotatable bonds is 4. The first-order valence-electron chi connectivity index (χ1n) is 7.28. The first-order valence-corrected chi connectivity index (χ1v) is 7.66. The molecule has 0 radical (unpaired) electrons. The lowest BCUT2D eigenvalue weighted by Gasteiger charge is -2.34. The fourth-order valence-electron chi connectivity index (χ4n) is 2.79. The van der Waals surface area contributed by atoms with Gasteiger partial charge in [-0.2, -0.15) is 0 Å². The largest absolute Gasteiger partial charge is 0.339 e. The maximum absolute atomic E-state index is 12.3. The number of likely N-dealkylation sites (tertiary alicyclic amines) is 1. The molecule has 110 valence electrons. The van der Waals surface area contributed by atoms with Gasteiger partial charge < -0.3 is 4.90 Å². The van der Waals surface area contributed by atoms with Crippen molar-refractivity contribution in [1.82, 2.24) is 9.80 Å². The Balaban J connectivity index is 1.87. The number of halogens is 1. The molecule has 1 aliphatic rings. The van der Waals surface area contributed by atoms with Gasteiger partial charge in [0.1, 0.15) is 0 Å². The zero-order chi connectivity index (χ0) is 14.5. The minimum Gasteiger partial charge on any atom is -0.339 e. The molecule has 4 heteroatoms. The van der Waals surface area contributed by atoms with Crippen molar-refractivity contribution in [2.45, 2.75) is 38.8 Å². The quantitative estimate of drug-likeness (QED) is 0.851. The smallest absolute Gasteiger partial charge is 0.236 e. The van der Waals surface area contributed by atoms with Crippen LogP contribution in [0.15, 0.2) is 24.3 Å². The van der Waals surface area contributed by atoms with E-state index in [9.17, 15) is 4.79 Å². The van der Waals surface area contributed by atoms with E-state index in [0.717, 1.165) is 36.5 Å². The SMILES string of the molecule is CC1CCCCN1C(=O)CN(C)Cc1cccc(Cl)c1. The molecule has 1 aliphatic heterocycles. The van der Waals surface area contributed by atoms with Gasteiger partial charge in [0.25, 0.3) is 0 Å². The molecule has 0 aliphatic carbocycles. The fourth-order valence-corrected chi connectivity index (χ4v) is 3.01. The van der Waals surface area contributed by atoms with Crippen LogP contribution in [0.2, 0.25) is 5.02 Å². The molecular formula is C16H23ClN2O. The van der Waals surface area contributed by atoms with Gasteiger partial charge in [-0.1, -0.05) is 23.7 Å². The number of likely N-dealkylation sites (N-methyl/N-ethyl adjacent to an activating group) is 1. The Labute approximate surface area is 126 Å². The van der Waals surface area contributed by atoms with E-state index in [-0.39, 0.29) is 5.91 Å². The number of piperidine rings is 1. The van der Waals surface area contributed by atoms with Gasteiger partial charge in [-0.05, 0) is 50.9 Å². The Kier molecular flexibility index (Phi) is 5.44. The normalized spacial score (nSPS) is 19.4. The van der Waals surface area contributed by atoms with Gasteiger partial charge >= 0.3 is 0 Å². The topological polar surface area (TPSA) is 23.6 Å². The van der Waals surface area contributed by atoms with Crippen LogP contribution in [0.5, 0.6) is 0 Å². The molecule has 0 aromatic heterocycles. The average Bonchev–Trinajstić information content (AvgIpc) is 2.38. The molecule has 1 aromatic rings. The van der Waals surface area contributed by atoms with E-state index in [1.165, 1.54) is 6.42 Å². The van der Waals surface area contributed by atoms with Crippen molar-refractivity contribution < 1.29 is 4.79 Å². The van der Waals surface area contributed by atoms with E-state index in [2.05, 4.69) is 11.8 Å². The van der Waals surface area contributed by atoms with Crippen molar-refractivity contribution >= 4 is 17.5 Å². The molecule has 2 rings (SSSR count). The number of hydrogen-bond acceptors (Lipinski definition) is 2. The predicted molar refractivity (Wildman–Crippen MR) is 82.8 cm³/mol. The highest BCUT2D eigenvalue weighted by atomic mass is 35.5. The van der Waals surface area contributed by atoms with Gasteiger partial charge in [0.2, 0.25) is 5.91 Å². The lowest BCUT2D eigenvalue weighted by molar-refractivity contribution is -0.135. The molecule has 3 nitrogen and oxygen atoms in total. The summed E-state index contributed by atoms with van der Waals surface area (Å²) in [4.78, 5) is 16.4. The van der Waals surface area contributed by atoms with Crippen molar-refractivity contribution in [3.63, 3.8) is 0 Å². The van der Waals surface area contributed by atoms with Gasteiger partial charge in [-0.3, -0.25) is 9.69 Å². The average molecular weight is 295 g/mol. The summed E-state index contributed by atoms with van der Waals surface area (Å²) in [5, 5.41) is 0.742. The van der Waals surface area contributed by atoms with Crippen LogP contribution >= 0.6 is 11.6 Å². The maximum Gasteiger partial charge on any atom is 0.236 e. The van der Waals surface area contributed by atoms with E-state index < -0.39 is 0 Å². The molecule has 0 bridgehead atoms. The number of amides is 1. The first-order chi connectivity index (χ1) is 9.56. The van der Waals surface area contributed by atoms with E-state index in [1.807, 2.05) is 36.2 Å². The molecule has 1 unspecified atom stereocenters. The number of benzene rings is 1. The third-order valence-corrected chi connectivity index (χ3v) is 4.11. The second-order valence-electron chi connectivity index (χ2n) is 5.73. The van der Waals surface area contributed by atoms with Crippen molar-refractivity contribution in [3.05, 3.63) is 34.9 Å². The molecule has 1 aromatic carbocycles. The van der Waals surface area contributed by atoms with E-state index in [4.69, 9.17) is 11.6 Å². The molecule has 1 atom stereocenters. The van der Waals surface area contributed by atoms with Crippen molar-refractivity contribution in [1.29, 1.82) is 0 Å². The van der Waals surface area contributed by atoms with Crippen LogP contribution in [0, 0.1) is 0 Å². The Morgan fingerprint density at radius 1 is 1.45 bits per heavy atom. The lowest BCUT2D eigenvalue weighted by Crippen LogP contribution is -2.46. The van der Waals surface area contributed by atoms with Gasteiger partial charge in [-0.25, -0.2) is 0 Å². The van der Waals surface area contributed by atoms with Crippen LogP contribution < -0.4 is 0 Å². The molecule has 1 fully saturated rings. The zero-order valence-electron chi connectivity index (χ0n) is 12.3. The summed E-state index contributed by atoms with van der Waals surface area (Å²) in [6.07, 6.45) is 3.50. The molecule has 0 N–H and O–H groups in total. The van der Waals surface area contributed by atoms with Crippen LogP contribution in [-0.2, 0) is 11.3 Å². The van der Waals surface area contributed by atoms with E-state index in [1.54, 1.807) is 0 Å². The standard InChI is InChI=1S/C16H23ClN2O/c1-13-6-3-4-9-19(13)16(20)12-18(2)11-14-7-5-8-15(17)10-14/h5,7-8,10,13H,3-4,6,9,11-12H2,1-2H3. The van der Waals surface area contributed by atoms with Gasteiger partial charge in [-0.15, -0.1) is 0 Å². The number of hydrogen-bond donors (Lipinski definition) is 0. The lowest BCUT2D eigenvalue weighted by atomic mass is 10.0. The second-order valence-corrected chi connectivity index (χ2v) is 6.17. The molecule has 0 spiro atoms. The summed E-state index contributed by atoms with van der Waals surface area (Å²) >= 11 is 5.98. The highest BCUT2D eigenvalue weighted by molar-refractivity contribution is 6.30. The minimum absolute atomic E-state index is 0.238. The summed E-state index contributed by atoms with van der Waals surface area (Å²) < 4.78 is 0. The molecule has 1 heterocycles. The Hall–Kier alpha value is -1.06. The van der Waals surface area contributed by atoms with E-state index >= 15 is 0 Å². The highest BCUT2D eigenvalue weighted by Crippen LogP contribution is 2.17. The van der Waals surface area contributed by atoms with Crippen LogP contribution in [-0.4, -0.2) is 41.9 Å². The summed E-state index contributed by atoms with van der Waals surface area (Å²) in [6.45, 7) is 4.27. The molecule has 20 heavy (non-hydrogen) atoms. The summed E-state index contributed by atoms with van der Waals surface area (Å²) in [5.41, 5.74) is 1.14. The molecule has 1 amide bonds. The van der Waals surface area contributed by atoms with Gasteiger partial charge in [0.15, 0.2) is 0 Å². The second kappa shape index (κ2) is 7.09. The summed E-state index contributed by atoms with van der Waals surface area (Å²) in [6, 6.07) is 8.18.